The highest BCUT2D eigenvalue weighted by Gasteiger charge is 2.18. The number of carbonyl (C=O) groups excluding carboxylic acids is 1. The lowest BCUT2D eigenvalue weighted by Gasteiger charge is -2.07. The summed E-state index contributed by atoms with van der Waals surface area (Å²) in [5.74, 6) is 0.623. The predicted octanol–water partition coefficient (Wildman–Crippen LogP) is 2.66. The smallest absolute Gasteiger partial charge is 0.269 e. The maximum Gasteiger partial charge on any atom is 0.269 e. The monoisotopic (exact) mass is 335 g/mol. The number of H-pyrrole nitrogens is 1. The molecule has 0 saturated heterocycles. The molecule has 0 aliphatic heterocycles. The number of methoxy groups -OCH3 is 1. The molecule has 126 valence electrons. The summed E-state index contributed by atoms with van der Waals surface area (Å²) in [6.45, 7) is 2.45. The summed E-state index contributed by atoms with van der Waals surface area (Å²) in [4.78, 5) is 12.5. The molecule has 4 rings (SSSR count). The van der Waals surface area contributed by atoms with Gasteiger partial charge >= 0.3 is 0 Å². The number of amides is 1. The number of rotatable bonds is 4. The molecule has 7 heteroatoms. The van der Waals surface area contributed by atoms with Crippen LogP contribution < -0.4 is 10.1 Å². The zero-order chi connectivity index (χ0) is 17.4. The molecule has 0 spiro atoms. The number of carbonyl (C=O) groups is 1. The van der Waals surface area contributed by atoms with Crippen LogP contribution in [0.3, 0.4) is 0 Å². The summed E-state index contributed by atoms with van der Waals surface area (Å²) in [6, 6.07) is 11.4. The van der Waals surface area contributed by atoms with E-state index in [1.54, 1.807) is 13.3 Å². The maximum atomic E-state index is 12.5. The van der Waals surface area contributed by atoms with Crippen LogP contribution in [0.25, 0.3) is 27.5 Å². The highest BCUT2D eigenvalue weighted by molar-refractivity contribution is 6.13. The molecule has 2 heterocycles. The Labute approximate surface area is 143 Å². The number of nitrogens with one attached hydrogen (secondary N) is 2. The highest BCUT2D eigenvalue weighted by atomic mass is 16.5. The zero-order valence-electron chi connectivity index (χ0n) is 13.9. The molecule has 0 radical (unpaired) electrons. The fourth-order valence-electron chi connectivity index (χ4n) is 2.98. The number of benzene rings is 2. The summed E-state index contributed by atoms with van der Waals surface area (Å²) < 4.78 is 7.10. The second kappa shape index (κ2) is 5.94. The second-order valence-electron chi connectivity index (χ2n) is 5.62. The number of ether oxygens (including phenoxy) is 1. The topological polar surface area (TPSA) is 84.8 Å². The molecule has 0 atom stereocenters. The Morgan fingerprint density at radius 2 is 2.00 bits per heavy atom. The molecule has 0 fully saturated rings. The van der Waals surface area contributed by atoms with Crippen molar-refractivity contribution in [1.29, 1.82) is 0 Å². The first-order valence-corrected chi connectivity index (χ1v) is 8.00. The number of aromatic amines is 1. The standard InChI is InChI=1S/C18H17N5O2/c1-3-19-18(24)16-13-8-9-15-14(10-20-21-15)17(13)23(22-16)11-4-6-12(25-2)7-5-11/h4-10,22H,3H2,1-2H3,(H,19,24). The average molecular weight is 335 g/mol. The Balaban J connectivity index is 2.01. The minimum atomic E-state index is -0.147. The summed E-state index contributed by atoms with van der Waals surface area (Å²) in [5.41, 5.74) is 3.05. The molecule has 0 aliphatic rings. The minimum Gasteiger partial charge on any atom is -0.497 e. The van der Waals surface area contributed by atoms with E-state index >= 15 is 0 Å². The van der Waals surface area contributed by atoms with Crippen LogP contribution in [0.5, 0.6) is 5.75 Å². The van der Waals surface area contributed by atoms with E-state index in [-0.39, 0.29) is 5.91 Å². The van der Waals surface area contributed by atoms with Crippen molar-refractivity contribution in [2.45, 2.75) is 6.92 Å². The van der Waals surface area contributed by atoms with E-state index in [4.69, 9.17) is 4.74 Å². The van der Waals surface area contributed by atoms with Gasteiger partial charge in [0.25, 0.3) is 5.91 Å². The number of hydrogen-bond donors (Lipinski definition) is 2. The molecule has 25 heavy (non-hydrogen) atoms. The van der Waals surface area contributed by atoms with Crippen LogP contribution in [-0.2, 0) is 0 Å². The Kier molecular flexibility index (Phi) is 3.61. The molecule has 0 aliphatic carbocycles. The van der Waals surface area contributed by atoms with Crippen LogP contribution in [0.4, 0.5) is 0 Å². The fourth-order valence-corrected chi connectivity index (χ4v) is 2.98. The lowest BCUT2D eigenvalue weighted by molar-refractivity contribution is 0.0952. The second-order valence-corrected chi connectivity index (χ2v) is 5.62. The van der Waals surface area contributed by atoms with Crippen molar-refractivity contribution in [2.75, 3.05) is 13.7 Å². The van der Waals surface area contributed by atoms with E-state index in [9.17, 15) is 4.79 Å². The molecule has 2 aromatic carbocycles. The minimum absolute atomic E-state index is 0.147. The first-order chi connectivity index (χ1) is 12.2. The molecule has 4 aromatic rings. The van der Waals surface area contributed by atoms with E-state index < -0.39 is 0 Å². The number of fused-ring (bicyclic) bond motifs is 3. The van der Waals surface area contributed by atoms with Gasteiger partial charge in [-0.1, -0.05) is 0 Å². The van der Waals surface area contributed by atoms with Crippen molar-refractivity contribution >= 4 is 27.7 Å². The van der Waals surface area contributed by atoms with Gasteiger partial charge in [-0.3, -0.25) is 14.6 Å². The molecular formula is C18H17N5O2. The molecule has 0 unspecified atom stereocenters. The van der Waals surface area contributed by atoms with Gasteiger partial charge in [-0.05, 0) is 43.3 Å². The van der Waals surface area contributed by atoms with E-state index in [1.165, 1.54) is 0 Å². The third kappa shape index (κ3) is 2.40. The van der Waals surface area contributed by atoms with Crippen molar-refractivity contribution in [3.05, 3.63) is 48.3 Å². The number of nitrogens with zero attached hydrogens (tertiary/aromatic N) is 3. The largest absolute Gasteiger partial charge is 0.497 e. The Bertz CT molecular complexity index is 1060. The number of hydrogen-bond acceptors (Lipinski definition) is 4. The Hall–Kier alpha value is -3.35. The van der Waals surface area contributed by atoms with Crippen molar-refractivity contribution in [1.82, 2.24) is 25.3 Å². The highest BCUT2D eigenvalue weighted by Crippen LogP contribution is 2.29. The van der Waals surface area contributed by atoms with Crippen LogP contribution >= 0.6 is 0 Å². The first-order valence-electron chi connectivity index (χ1n) is 8.00. The molecule has 2 N–H and O–H groups in total. The number of aromatic nitrogens is 4. The van der Waals surface area contributed by atoms with E-state index in [0.29, 0.717) is 12.2 Å². The van der Waals surface area contributed by atoms with Crippen molar-refractivity contribution in [3.8, 4) is 11.4 Å². The quantitative estimate of drug-likeness (QED) is 0.600. The molecule has 1 amide bonds. The predicted molar refractivity (Wildman–Crippen MR) is 95.3 cm³/mol. The molecule has 0 bridgehead atoms. The van der Waals surface area contributed by atoms with Crippen LogP contribution in [0.2, 0.25) is 0 Å². The maximum absolute atomic E-state index is 12.5. The first kappa shape index (κ1) is 15.2. The summed E-state index contributed by atoms with van der Waals surface area (Å²) in [6.07, 6.45) is 1.72. The normalized spacial score (nSPS) is 11.1. The fraction of sp³-hybridized carbons (Fsp3) is 0.167. The molecule has 2 aromatic heterocycles. The van der Waals surface area contributed by atoms with Gasteiger partial charge < -0.3 is 10.1 Å². The lowest BCUT2D eigenvalue weighted by atomic mass is 10.1. The SMILES string of the molecule is CCNC(=O)c1[nH]n(-c2ccc(OC)cc2)c2c1ccc1nncc12. The van der Waals surface area contributed by atoms with E-state index in [0.717, 1.165) is 33.2 Å². The zero-order valence-corrected chi connectivity index (χ0v) is 13.9. The van der Waals surface area contributed by atoms with Gasteiger partial charge in [0.05, 0.1) is 30.0 Å². The van der Waals surface area contributed by atoms with Gasteiger partial charge in [-0.2, -0.15) is 10.2 Å². The van der Waals surface area contributed by atoms with E-state index in [2.05, 4.69) is 20.6 Å². The summed E-state index contributed by atoms with van der Waals surface area (Å²) in [7, 11) is 1.63. The van der Waals surface area contributed by atoms with Crippen LogP contribution in [0, 0.1) is 0 Å². The van der Waals surface area contributed by atoms with Crippen LogP contribution in [0.15, 0.2) is 42.6 Å². The third-order valence-corrected chi connectivity index (χ3v) is 4.16. The van der Waals surface area contributed by atoms with Gasteiger partial charge in [0, 0.05) is 17.3 Å². The summed E-state index contributed by atoms with van der Waals surface area (Å²) in [5, 5.41) is 15.9. The van der Waals surface area contributed by atoms with Gasteiger partial charge in [-0.25, -0.2) is 0 Å². The van der Waals surface area contributed by atoms with Crippen molar-refractivity contribution in [2.24, 2.45) is 0 Å². The van der Waals surface area contributed by atoms with Crippen LogP contribution in [-0.4, -0.2) is 39.5 Å². The van der Waals surface area contributed by atoms with Gasteiger partial charge in [-0.15, -0.1) is 0 Å². The molecular weight excluding hydrogens is 318 g/mol. The Morgan fingerprint density at radius 1 is 1.20 bits per heavy atom. The van der Waals surface area contributed by atoms with Gasteiger partial charge in [0.1, 0.15) is 11.4 Å². The molecule has 0 saturated carbocycles. The van der Waals surface area contributed by atoms with E-state index in [1.807, 2.05) is 48.0 Å². The Morgan fingerprint density at radius 3 is 2.72 bits per heavy atom. The van der Waals surface area contributed by atoms with Crippen molar-refractivity contribution < 1.29 is 9.53 Å². The van der Waals surface area contributed by atoms with Crippen molar-refractivity contribution in [3.63, 3.8) is 0 Å². The van der Waals surface area contributed by atoms with Gasteiger partial charge in [0.2, 0.25) is 0 Å². The van der Waals surface area contributed by atoms with Gasteiger partial charge in [0.15, 0.2) is 0 Å². The average Bonchev–Trinajstić information content (AvgIpc) is 3.26. The third-order valence-electron chi connectivity index (χ3n) is 4.16. The summed E-state index contributed by atoms with van der Waals surface area (Å²) >= 11 is 0. The van der Waals surface area contributed by atoms with Crippen LogP contribution in [0.1, 0.15) is 17.4 Å². The lowest BCUT2D eigenvalue weighted by Crippen LogP contribution is -2.23. The molecule has 7 nitrogen and oxygen atoms in total.